The highest BCUT2D eigenvalue weighted by Gasteiger charge is 2.46. The zero-order chi connectivity index (χ0) is 35.3. The van der Waals surface area contributed by atoms with Crippen LogP contribution in [0.25, 0.3) is 0 Å². The van der Waals surface area contributed by atoms with E-state index in [0.717, 1.165) is 5.56 Å². The summed E-state index contributed by atoms with van der Waals surface area (Å²) in [6.07, 6.45) is -2.15. The predicted octanol–water partition coefficient (Wildman–Crippen LogP) is 0.906. The lowest BCUT2D eigenvalue weighted by Crippen LogP contribution is -2.51. The first-order valence-corrected chi connectivity index (χ1v) is 15.0. The van der Waals surface area contributed by atoms with E-state index in [1.807, 2.05) is 18.2 Å². The van der Waals surface area contributed by atoms with Gasteiger partial charge in [-0.1, -0.05) is 60.7 Å². The molecule has 1 fully saturated rings. The van der Waals surface area contributed by atoms with E-state index < -0.39 is 48.5 Å². The molecule has 1 aliphatic carbocycles. The lowest BCUT2D eigenvalue weighted by Gasteiger charge is -2.36. The first kappa shape index (κ1) is 45.1. The topological polar surface area (TPSA) is 200 Å². The number of hydrogen-bond acceptors (Lipinski definition) is 8. The van der Waals surface area contributed by atoms with Crippen LogP contribution in [-0.2, 0) is 24.0 Å². The Morgan fingerprint density at radius 2 is 1.22 bits per heavy atom. The summed E-state index contributed by atoms with van der Waals surface area (Å²) in [5.41, 5.74) is 12.3. The van der Waals surface area contributed by atoms with Crippen molar-refractivity contribution in [1.29, 1.82) is 0 Å². The zero-order valence-corrected chi connectivity index (χ0v) is 29.4. The first-order chi connectivity index (χ1) is 22.1. The molecule has 0 aliphatic heterocycles. The van der Waals surface area contributed by atoms with Crippen LogP contribution in [0.5, 0.6) is 0 Å². The molecular weight excluding hydrogens is 687 g/mol. The average Bonchev–Trinajstić information content (AvgIpc) is 3.03. The van der Waals surface area contributed by atoms with E-state index in [4.69, 9.17) is 11.5 Å². The van der Waals surface area contributed by atoms with Crippen LogP contribution in [0, 0.1) is 5.92 Å². The van der Waals surface area contributed by atoms with Gasteiger partial charge >= 0.3 is 0 Å². The maximum atomic E-state index is 12.9. The minimum Gasteiger partial charge on any atom is -0.382 e. The Balaban J connectivity index is 0.00000104. The van der Waals surface area contributed by atoms with Crippen molar-refractivity contribution in [2.45, 2.75) is 49.4 Å². The van der Waals surface area contributed by atoms with Gasteiger partial charge in [-0.3, -0.25) is 24.0 Å². The molecule has 2 aromatic carbocycles. The number of likely N-dealkylation sites (N-methyl/N-ethyl adjacent to an activating group) is 2. The van der Waals surface area contributed by atoms with Gasteiger partial charge in [0.25, 0.3) is 5.91 Å². The van der Waals surface area contributed by atoms with Crippen LogP contribution in [0.15, 0.2) is 60.7 Å². The second-order valence-corrected chi connectivity index (χ2v) is 11.7. The van der Waals surface area contributed by atoms with Gasteiger partial charge in [0.05, 0.1) is 13.1 Å². The molecule has 1 aliphatic rings. The highest BCUT2D eigenvalue weighted by molar-refractivity contribution is 5.91. The number of rotatable bonds is 13. The Morgan fingerprint density at radius 1 is 0.816 bits per heavy atom. The number of nitrogens with two attached hydrogens (primary N) is 2. The largest absolute Gasteiger partial charge is 0.382 e. The molecule has 49 heavy (non-hydrogen) atoms. The van der Waals surface area contributed by atoms with Crippen molar-refractivity contribution >= 4 is 54.3 Å². The van der Waals surface area contributed by atoms with Crippen molar-refractivity contribution in [2.75, 3.05) is 41.3 Å². The Morgan fingerprint density at radius 3 is 1.59 bits per heavy atom. The molecule has 17 heteroatoms. The smallest absolute Gasteiger partial charge is 0.250 e. The van der Waals surface area contributed by atoms with Crippen LogP contribution in [-0.4, -0.2) is 104 Å². The maximum Gasteiger partial charge on any atom is 0.250 e. The summed E-state index contributed by atoms with van der Waals surface area (Å²) in [6, 6.07) is 15.1. The molecule has 2 aromatic rings. The number of carbonyl (C=O) groups excluding carboxylic acids is 5. The van der Waals surface area contributed by atoms with Crippen molar-refractivity contribution in [3.8, 4) is 0 Å². The molecule has 8 N–H and O–H groups in total. The number of benzene rings is 2. The van der Waals surface area contributed by atoms with E-state index in [9.17, 15) is 37.9 Å². The van der Waals surface area contributed by atoms with Crippen molar-refractivity contribution < 1.29 is 37.9 Å². The van der Waals surface area contributed by atoms with E-state index >= 15 is 0 Å². The van der Waals surface area contributed by atoms with E-state index in [-0.39, 0.29) is 74.3 Å². The van der Waals surface area contributed by atoms with Crippen LogP contribution >= 0.6 is 24.8 Å². The molecule has 3 rings (SSSR count). The Kier molecular flexibility index (Phi) is 19.6. The lowest BCUT2D eigenvalue weighted by atomic mass is 9.77. The quantitative estimate of drug-likeness (QED) is 0.174. The molecule has 1 saturated carbocycles. The average molecular weight is 735 g/mol. The number of halogens is 4. The standard InChI is InChI=1S/C20H28F2N4O4.C12H17N3O2.2ClH/c1-26(2)19(30)16(13-6-4-3-5-7-13)25-15(27)11-24-18(29)17(28)14(23)8-12-9-20(21,22)10-12;1-15(2)12(17)11(14-10(16)8-13)9-6-4-3-5-7-9;;/h3-7,12,14,16-17,28H,8-11,23H2,1-2H3,(H,24,29)(H,25,27);3-7,11H,8,13H2,1-2H3,(H,14,16);2*1H/t14?,16-,17?;11-;;/m00../s1. The normalized spacial score (nSPS) is 15.4. The van der Waals surface area contributed by atoms with Gasteiger partial charge in [0.1, 0.15) is 18.2 Å². The lowest BCUT2D eigenvalue weighted by molar-refractivity contribution is -0.136. The van der Waals surface area contributed by atoms with Crippen molar-refractivity contribution in [2.24, 2.45) is 17.4 Å². The fourth-order valence-electron chi connectivity index (χ4n) is 4.75. The molecule has 4 atom stereocenters. The molecule has 0 radical (unpaired) electrons. The van der Waals surface area contributed by atoms with Crippen LogP contribution in [0.1, 0.15) is 42.5 Å². The zero-order valence-electron chi connectivity index (χ0n) is 27.8. The number of aliphatic hydroxyl groups is 1. The van der Waals surface area contributed by atoms with Crippen molar-refractivity contribution in [3.63, 3.8) is 0 Å². The summed E-state index contributed by atoms with van der Waals surface area (Å²) in [7, 11) is 6.41. The summed E-state index contributed by atoms with van der Waals surface area (Å²) in [5, 5.41) is 17.4. The number of aliphatic hydroxyl groups excluding tert-OH is 1. The third kappa shape index (κ3) is 14.6. The fraction of sp³-hybridized carbons (Fsp3) is 0.469. The highest BCUT2D eigenvalue weighted by atomic mass is 35.5. The van der Waals surface area contributed by atoms with Gasteiger partial charge in [-0.05, 0) is 23.5 Å². The summed E-state index contributed by atoms with van der Waals surface area (Å²) in [6.45, 7) is -0.613. The molecule has 5 amide bonds. The van der Waals surface area contributed by atoms with Gasteiger partial charge in [-0.15, -0.1) is 24.8 Å². The number of amides is 5. The highest BCUT2D eigenvalue weighted by Crippen LogP contribution is 2.44. The monoisotopic (exact) mass is 733 g/mol. The van der Waals surface area contributed by atoms with E-state index in [0.29, 0.717) is 5.56 Å². The summed E-state index contributed by atoms with van der Waals surface area (Å²) >= 11 is 0. The summed E-state index contributed by atoms with van der Waals surface area (Å²) in [5.74, 6) is -5.43. The number of nitrogens with zero attached hydrogens (tertiary/aromatic N) is 2. The second kappa shape index (κ2) is 21.3. The molecule has 0 aromatic heterocycles. The number of carbonyl (C=O) groups is 5. The van der Waals surface area contributed by atoms with Gasteiger partial charge in [-0.25, -0.2) is 8.78 Å². The molecule has 13 nitrogen and oxygen atoms in total. The van der Waals surface area contributed by atoms with E-state index in [2.05, 4.69) is 16.0 Å². The number of alkyl halides is 2. The van der Waals surface area contributed by atoms with Gasteiger partial charge in [0.2, 0.25) is 29.6 Å². The molecule has 0 saturated heterocycles. The fourth-order valence-corrected chi connectivity index (χ4v) is 4.75. The van der Waals surface area contributed by atoms with Gasteiger partial charge in [0, 0.05) is 47.1 Å². The Bertz CT molecular complexity index is 1350. The molecule has 0 spiro atoms. The van der Waals surface area contributed by atoms with Crippen LogP contribution in [0.4, 0.5) is 8.78 Å². The van der Waals surface area contributed by atoms with Gasteiger partial charge in [-0.2, -0.15) is 0 Å². The van der Waals surface area contributed by atoms with Gasteiger partial charge in [0.15, 0.2) is 0 Å². The second-order valence-electron chi connectivity index (χ2n) is 11.7. The van der Waals surface area contributed by atoms with E-state index in [1.54, 1.807) is 70.7 Å². The maximum absolute atomic E-state index is 12.9. The predicted molar refractivity (Wildman–Crippen MR) is 185 cm³/mol. The summed E-state index contributed by atoms with van der Waals surface area (Å²) in [4.78, 5) is 62.8. The Hall–Kier alpha value is -3.89. The summed E-state index contributed by atoms with van der Waals surface area (Å²) < 4.78 is 25.8. The van der Waals surface area contributed by atoms with Crippen LogP contribution in [0.2, 0.25) is 0 Å². The Labute approximate surface area is 297 Å². The third-order valence-electron chi connectivity index (χ3n) is 7.31. The SMILES string of the molecule is CN(C)C(=O)[C@@H](NC(=O)CN)c1ccccc1.CN(C)C(=O)[C@@H](NC(=O)CNC(=O)C(O)C(N)CC1CC(F)(F)C1)c1ccccc1.Cl.Cl. The van der Waals surface area contributed by atoms with Crippen molar-refractivity contribution in [3.05, 3.63) is 71.8 Å². The molecular formula is C32H47Cl2F2N7O6. The molecule has 0 bridgehead atoms. The molecule has 274 valence electrons. The van der Waals surface area contributed by atoms with Crippen molar-refractivity contribution in [1.82, 2.24) is 25.8 Å². The first-order valence-electron chi connectivity index (χ1n) is 15.0. The number of hydrogen-bond donors (Lipinski definition) is 6. The number of nitrogens with one attached hydrogen (secondary N) is 3. The van der Waals surface area contributed by atoms with Crippen LogP contribution in [0.3, 0.4) is 0 Å². The molecule has 0 heterocycles. The third-order valence-corrected chi connectivity index (χ3v) is 7.31. The van der Waals surface area contributed by atoms with Gasteiger partial charge < -0.3 is 42.3 Å². The minimum atomic E-state index is -2.70. The van der Waals surface area contributed by atoms with E-state index in [1.165, 1.54) is 9.80 Å². The minimum absolute atomic E-state index is 0. The van der Waals surface area contributed by atoms with Crippen LogP contribution < -0.4 is 27.4 Å². The molecule has 2 unspecified atom stereocenters.